The number of hydrogen-bond donors (Lipinski definition) is 2. The number of carbonyl (C=O) groups excluding carboxylic acids is 1. The zero-order valence-electron chi connectivity index (χ0n) is 13.5. The molecule has 1 heterocycles. The van der Waals surface area contributed by atoms with Crippen LogP contribution < -0.4 is 0 Å². The number of aliphatic hydroxyl groups excluding tert-OH is 2. The van der Waals surface area contributed by atoms with Crippen LogP contribution in [0.3, 0.4) is 0 Å². The maximum Gasteiger partial charge on any atom is 0.253 e. The third-order valence-electron chi connectivity index (χ3n) is 4.70. The van der Waals surface area contributed by atoms with Crippen LogP contribution in [0.1, 0.15) is 10.4 Å². The number of rotatable bonds is 4. The molecule has 2 aromatic carbocycles. The quantitative estimate of drug-likeness (QED) is 0.892. The molecule has 25 heavy (non-hydrogen) atoms. The minimum Gasteiger partial charge on any atom is -0.396 e. The van der Waals surface area contributed by atoms with E-state index in [4.69, 9.17) is 0 Å². The first-order chi connectivity index (χ1) is 12.0. The predicted octanol–water partition coefficient (Wildman–Crippen LogP) is 2.30. The van der Waals surface area contributed by atoms with Crippen LogP contribution in [0.4, 0.5) is 8.78 Å². The lowest BCUT2D eigenvalue weighted by atomic mass is 9.98. The highest BCUT2D eigenvalue weighted by atomic mass is 19.2. The molecule has 1 aliphatic rings. The number of nitrogens with zero attached hydrogens (tertiary/aromatic N) is 1. The van der Waals surface area contributed by atoms with Crippen molar-refractivity contribution < 1.29 is 23.8 Å². The third-order valence-corrected chi connectivity index (χ3v) is 4.70. The van der Waals surface area contributed by atoms with Gasteiger partial charge < -0.3 is 15.1 Å². The fourth-order valence-electron chi connectivity index (χ4n) is 3.25. The van der Waals surface area contributed by atoms with Crippen molar-refractivity contribution in [2.45, 2.75) is 0 Å². The molecule has 132 valence electrons. The Bertz CT molecular complexity index is 769. The molecular weight excluding hydrogens is 328 g/mol. The lowest BCUT2D eigenvalue weighted by molar-refractivity contribution is 0.0778. The van der Waals surface area contributed by atoms with Crippen molar-refractivity contribution in [3.05, 3.63) is 59.7 Å². The third kappa shape index (κ3) is 3.41. The van der Waals surface area contributed by atoms with E-state index in [1.54, 1.807) is 23.1 Å². The van der Waals surface area contributed by atoms with Crippen LogP contribution in [0.25, 0.3) is 11.1 Å². The van der Waals surface area contributed by atoms with Gasteiger partial charge in [0.15, 0.2) is 11.6 Å². The molecule has 1 fully saturated rings. The molecule has 2 unspecified atom stereocenters. The highest BCUT2D eigenvalue weighted by Gasteiger charge is 2.34. The van der Waals surface area contributed by atoms with E-state index < -0.39 is 11.6 Å². The zero-order valence-corrected chi connectivity index (χ0v) is 13.5. The summed E-state index contributed by atoms with van der Waals surface area (Å²) in [4.78, 5) is 14.3. The average Bonchev–Trinajstić information content (AvgIpc) is 3.07. The largest absolute Gasteiger partial charge is 0.396 e. The number of aliphatic hydroxyl groups is 2. The number of amides is 1. The summed E-state index contributed by atoms with van der Waals surface area (Å²) in [6, 6.07) is 10.3. The number of benzene rings is 2. The summed E-state index contributed by atoms with van der Waals surface area (Å²) in [5, 5.41) is 18.7. The van der Waals surface area contributed by atoms with Gasteiger partial charge in [-0.3, -0.25) is 4.79 Å². The van der Waals surface area contributed by atoms with E-state index in [9.17, 15) is 23.8 Å². The maximum absolute atomic E-state index is 14.0. The van der Waals surface area contributed by atoms with E-state index in [1.165, 1.54) is 18.2 Å². The van der Waals surface area contributed by atoms with Gasteiger partial charge in [0.05, 0.1) is 0 Å². The molecule has 0 saturated carbocycles. The summed E-state index contributed by atoms with van der Waals surface area (Å²) in [6.07, 6.45) is 0. The summed E-state index contributed by atoms with van der Waals surface area (Å²) >= 11 is 0. The van der Waals surface area contributed by atoms with Gasteiger partial charge in [-0.05, 0) is 23.8 Å². The van der Waals surface area contributed by atoms with Crippen molar-refractivity contribution in [1.29, 1.82) is 0 Å². The highest BCUT2D eigenvalue weighted by molar-refractivity contribution is 5.95. The molecule has 0 bridgehead atoms. The van der Waals surface area contributed by atoms with Crippen LogP contribution in [0.2, 0.25) is 0 Å². The van der Waals surface area contributed by atoms with Crippen LogP contribution in [-0.2, 0) is 0 Å². The minimum absolute atomic E-state index is 0.0937. The second-order valence-corrected chi connectivity index (χ2v) is 6.28. The van der Waals surface area contributed by atoms with Gasteiger partial charge in [0.25, 0.3) is 5.91 Å². The zero-order chi connectivity index (χ0) is 18.0. The normalized spacial score (nSPS) is 20.1. The molecule has 2 atom stereocenters. The van der Waals surface area contributed by atoms with Gasteiger partial charge in [-0.25, -0.2) is 8.78 Å². The fourth-order valence-corrected chi connectivity index (χ4v) is 3.25. The Kier molecular flexibility index (Phi) is 5.11. The van der Waals surface area contributed by atoms with Gasteiger partial charge in [-0.15, -0.1) is 0 Å². The van der Waals surface area contributed by atoms with Gasteiger partial charge >= 0.3 is 0 Å². The van der Waals surface area contributed by atoms with Crippen molar-refractivity contribution in [3.8, 4) is 11.1 Å². The molecule has 1 aliphatic heterocycles. The number of hydrogen-bond acceptors (Lipinski definition) is 3. The highest BCUT2D eigenvalue weighted by Crippen LogP contribution is 2.28. The van der Waals surface area contributed by atoms with E-state index >= 15 is 0 Å². The molecule has 6 heteroatoms. The Morgan fingerprint density at radius 1 is 1.04 bits per heavy atom. The molecule has 0 radical (unpaired) electrons. The smallest absolute Gasteiger partial charge is 0.253 e. The first-order valence-electron chi connectivity index (χ1n) is 8.10. The first-order valence-corrected chi connectivity index (χ1v) is 8.10. The van der Waals surface area contributed by atoms with Gasteiger partial charge in [0.1, 0.15) is 0 Å². The van der Waals surface area contributed by atoms with E-state index in [0.29, 0.717) is 24.2 Å². The van der Waals surface area contributed by atoms with Crippen LogP contribution in [0, 0.1) is 23.5 Å². The molecule has 0 aromatic heterocycles. The van der Waals surface area contributed by atoms with Crippen molar-refractivity contribution in [1.82, 2.24) is 4.90 Å². The van der Waals surface area contributed by atoms with Crippen LogP contribution in [0.15, 0.2) is 42.5 Å². The van der Waals surface area contributed by atoms with Crippen molar-refractivity contribution in [2.24, 2.45) is 11.8 Å². The van der Waals surface area contributed by atoms with Crippen molar-refractivity contribution >= 4 is 5.91 Å². The summed E-state index contributed by atoms with van der Waals surface area (Å²) < 4.78 is 27.4. The average molecular weight is 347 g/mol. The first kappa shape index (κ1) is 17.5. The summed E-state index contributed by atoms with van der Waals surface area (Å²) in [5.74, 6) is -2.46. The van der Waals surface area contributed by atoms with E-state index in [-0.39, 0.29) is 36.5 Å². The topological polar surface area (TPSA) is 60.8 Å². The molecule has 3 rings (SSSR count). The van der Waals surface area contributed by atoms with Gasteiger partial charge in [-0.1, -0.05) is 24.3 Å². The molecule has 0 spiro atoms. The van der Waals surface area contributed by atoms with Gasteiger partial charge in [0, 0.05) is 49.3 Å². The summed E-state index contributed by atoms with van der Waals surface area (Å²) in [7, 11) is 0. The molecule has 0 aliphatic carbocycles. The summed E-state index contributed by atoms with van der Waals surface area (Å²) in [6.45, 7) is 0.533. The molecule has 4 nitrogen and oxygen atoms in total. The Morgan fingerprint density at radius 2 is 1.68 bits per heavy atom. The van der Waals surface area contributed by atoms with Crippen LogP contribution in [-0.4, -0.2) is 47.3 Å². The minimum atomic E-state index is -0.950. The lowest BCUT2D eigenvalue weighted by Crippen LogP contribution is -2.29. The van der Waals surface area contributed by atoms with E-state index in [2.05, 4.69) is 0 Å². The van der Waals surface area contributed by atoms with Crippen LogP contribution >= 0.6 is 0 Å². The lowest BCUT2D eigenvalue weighted by Gasteiger charge is -2.17. The summed E-state index contributed by atoms with van der Waals surface area (Å²) in [5.41, 5.74) is 0.869. The SMILES string of the molecule is O=C(c1cccc(-c2cccc(F)c2F)c1)N1CC(CO)C(CO)C1. The van der Waals surface area contributed by atoms with Gasteiger partial charge in [0.2, 0.25) is 0 Å². The fraction of sp³-hybridized carbons (Fsp3) is 0.316. The number of halogens is 2. The Morgan fingerprint density at radius 3 is 2.32 bits per heavy atom. The molecule has 2 N–H and O–H groups in total. The predicted molar refractivity (Wildman–Crippen MR) is 88.8 cm³/mol. The monoisotopic (exact) mass is 347 g/mol. The van der Waals surface area contributed by atoms with Gasteiger partial charge in [-0.2, -0.15) is 0 Å². The second-order valence-electron chi connectivity index (χ2n) is 6.28. The van der Waals surface area contributed by atoms with Crippen molar-refractivity contribution in [2.75, 3.05) is 26.3 Å². The number of carbonyl (C=O) groups is 1. The molecule has 2 aromatic rings. The Balaban J connectivity index is 1.87. The van der Waals surface area contributed by atoms with Crippen LogP contribution in [0.5, 0.6) is 0 Å². The van der Waals surface area contributed by atoms with E-state index in [0.717, 1.165) is 6.07 Å². The van der Waals surface area contributed by atoms with Crippen molar-refractivity contribution in [3.63, 3.8) is 0 Å². The Labute approximate surface area is 144 Å². The van der Waals surface area contributed by atoms with E-state index in [1.807, 2.05) is 0 Å². The molecular formula is C19H19F2NO3. The standard InChI is InChI=1S/C19H19F2NO3/c20-17-6-2-5-16(18(17)21)12-3-1-4-13(7-12)19(25)22-8-14(10-23)15(9-22)11-24/h1-7,14-15,23-24H,8-11H2. The molecule has 1 amide bonds. The Hall–Kier alpha value is -2.31. The second kappa shape index (κ2) is 7.29. The maximum atomic E-state index is 14.0. The molecule has 1 saturated heterocycles. The number of likely N-dealkylation sites (tertiary alicyclic amines) is 1.